The Morgan fingerprint density at radius 3 is 2.38 bits per heavy atom. The zero-order chi connectivity index (χ0) is 11.8. The van der Waals surface area contributed by atoms with Crippen LogP contribution in [0.4, 0.5) is 0 Å². The number of hydrogen-bond acceptors (Lipinski definition) is 2. The Morgan fingerprint density at radius 2 is 1.94 bits per heavy atom. The molecule has 2 aliphatic rings. The largest absolute Gasteiger partial charge is 0.391 e. The van der Waals surface area contributed by atoms with Crippen molar-refractivity contribution in [3.63, 3.8) is 0 Å². The number of unbranched alkanes of at least 4 members (excludes halogenated alkanes) is 1. The minimum absolute atomic E-state index is 0.120. The van der Waals surface area contributed by atoms with Crippen LogP contribution in [0.15, 0.2) is 0 Å². The predicted octanol–water partition coefficient (Wildman–Crippen LogP) is 2.80. The lowest BCUT2D eigenvalue weighted by Crippen LogP contribution is -2.45. The third kappa shape index (κ3) is 2.43. The van der Waals surface area contributed by atoms with Gasteiger partial charge in [-0.3, -0.25) is 4.90 Å². The summed E-state index contributed by atoms with van der Waals surface area (Å²) in [5.74, 6) is 0. The molecule has 2 aliphatic carbocycles. The molecule has 2 fully saturated rings. The SMILES string of the molecule is CCCCN(C1CC1)C1CCC(C)(C)C1O. The van der Waals surface area contributed by atoms with Crippen LogP contribution < -0.4 is 0 Å². The number of rotatable bonds is 5. The van der Waals surface area contributed by atoms with Crippen LogP contribution in [-0.2, 0) is 0 Å². The Labute approximate surface area is 100 Å². The van der Waals surface area contributed by atoms with E-state index < -0.39 is 0 Å². The fraction of sp³-hybridized carbons (Fsp3) is 1.00. The van der Waals surface area contributed by atoms with E-state index in [1.807, 2.05) is 0 Å². The van der Waals surface area contributed by atoms with Gasteiger partial charge in [-0.1, -0.05) is 27.2 Å². The van der Waals surface area contributed by atoms with E-state index in [9.17, 15) is 5.11 Å². The van der Waals surface area contributed by atoms with E-state index in [-0.39, 0.29) is 11.5 Å². The van der Waals surface area contributed by atoms with Crippen LogP contribution >= 0.6 is 0 Å². The maximum atomic E-state index is 10.4. The average Bonchev–Trinajstić information content (AvgIpc) is 3.01. The maximum absolute atomic E-state index is 10.4. The van der Waals surface area contributed by atoms with Gasteiger partial charge in [-0.2, -0.15) is 0 Å². The Bertz CT molecular complexity index is 235. The maximum Gasteiger partial charge on any atom is 0.0746 e. The summed E-state index contributed by atoms with van der Waals surface area (Å²) in [4.78, 5) is 2.61. The van der Waals surface area contributed by atoms with Crippen molar-refractivity contribution in [2.45, 2.75) is 77.5 Å². The van der Waals surface area contributed by atoms with Crippen molar-refractivity contribution < 1.29 is 5.11 Å². The zero-order valence-corrected chi connectivity index (χ0v) is 11.1. The molecule has 0 saturated heterocycles. The highest BCUT2D eigenvalue weighted by molar-refractivity contribution is 5.00. The molecular weight excluding hydrogens is 198 g/mol. The van der Waals surface area contributed by atoms with Gasteiger partial charge in [-0.05, 0) is 44.1 Å². The van der Waals surface area contributed by atoms with E-state index in [0.29, 0.717) is 6.04 Å². The molecule has 0 spiro atoms. The molecule has 0 aromatic heterocycles. The average molecular weight is 225 g/mol. The Kier molecular flexibility index (Phi) is 3.60. The first-order valence-corrected chi connectivity index (χ1v) is 7.00. The Morgan fingerprint density at radius 1 is 1.25 bits per heavy atom. The van der Waals surface area contributed by atoms with E-state index in [0.717, 1.165) is 6.04 Å². The lowest BCUT2D eigenvalue weighted by Gasteiger charge is -2.34. The van der Waals surface area contributed by atoms with Crippen molar-refractivity contribution in [2.75, 3.05) is 6.54 Å². The summed E-state index contributed by atoms with van der Waals surface area (Å²) < 4.78 is 0. The van der Waals surface area contributed by atoms with E-state index in [2.05, 4.69) is 25.7 Å². The van der Waals surface area contributed by atoms with Crippen LogP contribution in [0.3, 0.4) is 0 Å². The standard InChI is InChI=1S/C14H27NO/c1-4-5-10-15(11-6-7-11)12-8-9-14(2,3)13(12)16/h11-13,16H,4-10H2,1-3H3. The molecule has 2 atom stereocenters. The fourth-order valence-electron chi connectivity index (χ4n) is 3.06. The molecule has 2 rings (SSSR count). The highest BCUT2D eigenvalue weighted by Gasteiger charge is 2.46. The summed E-state index contributed by atoms with van der Waals surface area (Å²) in [5, 5.41) is 10.4. The fourth-order valence-corrected chi connectivity index (χ4v) is 3.06. The smallest absolute Gasteiger partial charge is 0.0746 e. The topological polar surface area (TPSA) is 23.5 Å². The van der Waals surface area contributed by atoms with Crippen LogP contribution in [0.25, 0.3) is 0 Å². The second-order valence-electron chi connectivity index (χ2n) is 6.36. The van der Waals surface area contributed by atoms with Crippen LogP contribution in [-0.4, -0.2) is 34.7 Å². The summed E-state index contributed by atoms with van der Waals surface area (Å²) >= 11 is 0. The first-order chi connectivity index (χ1) is 7.56. The molecule has 0 aromatic rings. The van der Waals surface area contributed by atoms with Gasteiger partial charge in [0.25, 0.3) is 0 Å². The minimum atomic E-state index is -0.120. The number of aliphatic hydroxyl groups excluding tert-OH is 1. The van der Waals surface area contributed by atoms with Crippen LogP contribution in [0.1, 0.15) is 59.3 Å². The molecule has 1 N–H and O–H groups in total. The van der Waals surface area contributed by atoms with Gasteiger partial charge < -0.3 is 5.11 Å². The molecule has 2 saturated carbocycles. The number of nitrogens with zero attached hydrogens (tertiary/aromatic N) is 1. The summed E-state index contributed by atoms with van der Waals surface area (Å²) in [6, 6.07) is 1.23. The number of aliphatic hydroxyl groups is 1. The van der Waals surface area contributed by atoms with Crippen molar-refractivity contribution in [2.24, 2.45) is 5.41 Å². The van der Waals surface area contributed by atoms with Gasteiger partial charge in [0.1, 0.15) is 0 Å². The molecule has 0 bridgehead atoms. The summed E-state index contributed by atoms with van der Waals surface area (Å²) in [7, 11) is 0. The third-order valence-corrected chi connectivity index (χ3v) is 4.46. The molecule has 94 valence electrons. The lowest BCUT2D eigenvalue weighted by molar-refractivity contribution is 0.0109. The molecule has 2 nitrogen and oxygen atoms in total. The Hall–Kier alpha value is -0.0800. The second kappa shape index (κ2) is 4.66. The van der Waals surface area contributed by atoms with E-state index in [1.165, 1.54) is 45.1 Å². The third-order valence-electron chi connectivity index (χ3n) is 4.46. The highest BCUT2D eigenvalue weighted by Crippen LogP contribution is 2.43. The number of hydrogen-bond donors (Lipinski definition) is 1. The molecule has 0 aliphatic heterocycles. The van der Waals surface area contributed by atoms with Gasteiger partial charge >= 0.3 is 0 Å². The van der Waals surface area contributed by atoms with Crippen LogP contribution in [0.2, 0.25) is 0 Å². The Balaban J connectivity index is 1.97. The molecule has 16 heavy (non-hydrogen) atoms. The van der Waals surface area contributed by atoms with E-state index >= 15 is 0 Å². The summed E-state index contributed by atoms with van der Waals surface area (Å²) in [6.45, 7) is 7.87. The van der Waals surface area contributed by atoms with Gasteiger partial charge in [0.15, 0.2) is 0 Å². The molecule has 2 heteroatoms. The van der Waals surface area contributed by atoms with Crippen molar-refractivity contribution >= 4 is 0 Å². The van der Waals surface area contributed by atoms with Crippen molar-refractivity contribution in [1.82, 2.24) is 4.90 Å². The van der Waals surface area contributed by atoms with Gasteiger partial charge in [0, 0.05) is 12.1 Å². The first-order valence-electron chi connectivity index (χ1n) is 7.00. The molecule has 0 radical (unpaired) electrons. The monoisotopic (exact) mass is 225 g/mol. The van der Waals surface area contributed by atoms with E-state index in [1.54, 1.807) is 0 Å². The van der Waals surface area contributed by atoms with Crippen LogP contribution in [0.5, 0.6) is 0 Å². The van der Waals surface area contributed by atoms with Gasteiger partial charge in [-0.15, -0.1) is 0 Å². The van der Waals surface area contributed by atoms with Crippen molar-refractivity contribution in [1.29, 1.82) is 0 Å². The van der Waals surface area contributed by atoms with Crippen molar-refractivity contribution in [3.05, 3.63) is 0 Å². The molecule has 0 heterocycles. The second-order valence-corrected chi connectivity index (χ2v) is 6.36. The zero-order valence-electron chi connectivity index (χ0n) is 11.1. The first kappa shape index (κ1) is 12.4. The quantitative estimate of drug-likeness (QED) is 0.777. The summed E-state index contributed by atoms with van der Waals surface area (Å²) in [6.07, 6.45) is 7.49. The molecule has 0 aromatic carbocycles. The molecule has 2 unspecified atom stereocenters. The van der Waals surface area contributed by atoms with Gasteiger partial charge in [0.05, 0.1) is 6.10 Å². The molecular formula is C14H27NO. The van der Waals surface area contributed by atoms with E-state index in [4.69, 9.17) is 0 Å². The van der Waals surface area contributed by atoms with Crippen LogP contribution in [0, 0.1) is 5.41 Å². The normalized spacial score (nSPS) is 33.6. The highest BCUT2D eigenvalue weighted by atomic mass is 16.3. The van der Waals surface area contributed by atoms with Gasteiger partial charge in [-0.25, -0.2) is 0 Å². The predicted molar refractivity (Wildman–Crippen MR) is 67.4 cm³/mol. The van der Waals surface area contributed by atoms with Gasteiger partial charge in [0.2, 0.25) is 0 Å². The summed E-state index contributed by atoms with van der Waals surface area (Å²) in [5.41, 5.74) is 0.129. The van der Waals surface area contributed by atoms with Crippen molar-refractivity contribution in [3.8, 4) is 0 Å². The lowest BCUT2D eigenvalue weighted by atomic mass is 9.88. The molecule has 0 amide bonds. The minimum Gasteiger partial charge on any atom is -0.391 e.